The zero-order valence-electron chi connectivity index (χ0n) is 9.25. The van der Waals surface area contributed by atoms with Gasteiger partial charge in [-0.3, -0.25) is 4.79 Å². The summed E-state index contributed by atoms with van der Waals surface area (Å²) in [5.74, 6) is -4.13. The monoisotopic (exact) mass is 345 g/mol. The van der Waals surface area contributed by atoms with E-state index in [1.54, 1.807) is 0 Å². The van der Waals surface area contributed by atoms with Crippen LogP contribution in [-0.4, -0.2) is 18.2 Å². The number of nitrogens with two attached hydrogens (primary N) is 1. The first-order valence-corrected chi connectivity index (χ1v) is 5.36. The second-order valence-corrected chi connectivity index (χ2v) is 4.17. The SMILES string of the molecule is COC(=O)C[C@@H](N)c1cc(Br)c(F)c(F)c1O.Cl. The number of benzene rings is 1. The van der Waals surface area contributed by atoms with Crippen molar-refractivity contribution in [1.29, 1.82) is 0 Å². The molecule has 0 heterocycles. The molecule has 1 aromatic rings. The molecule has 0 aromatic heterocycles. The average molecular weight is 347 g/mol. The molecule has 1 rings (SSSR count). The van der Waals surface area contributed by atoms with Crippen LogP contribution in [0, 0.1) is 11.6 Å². The van der Waals surface area contributed by atoms with Crippen LogP contribution in [0.4, 0.5) is 8.78 Å². The van der Waals surface area contributed by atoms with Crippen LogP contribution in [-0.2, 0) is 9.53 Å². The summed E-state index contributed by atoms with van der Waals surface area (Å²) in [6, 6.07) is 0.148. The molecule has 3 N–H and O–H groups in total. The average Bonchev–Trinajstić information content (AvgIpc) is 2.30. The number of phenols is 1. The van der Waals surface area contributed by atoms with Crippen LogP contribution in [0.1, 0.15) is 18.0 Å². The van der Waals surface area contributed by atoms with Crippen molar-refractivity contribution in [1.82, 2.24) is 0 Å². The number of carbonyl (C=O) groups excluding carboxylic acids is 1. The van der Waals surface area contributed by atoms with E-state index in [1.807, 2.05) is 0 Å². The fourth-order valence-electron chi connectivity index (χ4n) is 1.26. The lowest BCUT2D eigenvalue weighted by Crippen LogP contribution is -2.17. The summed E-state index contributed by atoms with van der Waals surface area (Å²) in [6.45, 7) is 0. The molecule has 0 amide bonds. The highest BCUT2D eigenvalue weighted by atomic mass is 79.9. The number of hydrogen-bond acceptors (Lipinski definition) is 4. The minimum Gasteiger partial charge on any atom is -0.505 e. The molecule has 8 heteroatoms. The summed E-state index contributed by atoms with van der Waals surface area (Å²) in [6.07, 6.45) is -0.248. The Hall–Kier alpha value is -0.920. The third-order valence-corrected chi connectivity index (χ3v) is 2.76. The molecule has 0 aliphatic heterocycles. The highest BCUT2D eigenvalue weighted by molar-refractivity contribution is 9.10. The second-order valence-electron chi connectivity index (χ2n) is 3.31. The smallest absolute Gasteiger partial charge is 0.307 e. The summed E-state index contributed by atoms with van der Waals surface area (Å²) < 4.78 is 30.5. The lowest BCUT2D eigenvalue weighted by atomic mass is 10.0. The summed E-state index contributed by atoms with van der Waals surface area (Å²) in [7, 11) is 1.18. The summed E-state index contributed by atoms with van der Waals surface area (Å²) in [5.41, 5.74) is 5.52. The lowest BCUT2D eigenvalue weighted by molar-refractivity contribution is -0.141. The Morgan fingerprint density at radius 1 is 1.56 bits per heavy atom. The van der Waals surface area contributed by atoms with Crippen LogP contribution in [0.2, 0.25) is 0 Å². The maximum absolute atomic E-state index is 13.2. The fourth-order valence-corrected chi connectivity index (χ4v) is 1.68. The topological polar surface area (TPSA) is 72.5 Å². The lowest BCUT2D eigenvalue weighted by Gasteiger charge is -2.14. The normalized spacial score (nSPS) is 11.6. The molecular formula is C10H11BrClF2NO3. The fraction of sp³-hybridized carbons (Fsp3) is 0.300. The molecule has 0 fully saturated rings. The van der Waals surface area contributed by atoms with Gasteiger partial charge in [-0.25, -0.2) is 4.39 Å². The third kappa shape index (κ3) is 3.54. The maximum atomic E-state index is 13.2. The first kappa shape index (κ1) is 17.1. The Balaban J connectivity index is 0.00000289. The van der Waals surface area contributed by atoms with Gasteiger partial charge in [-0.2, -0.15) is 4.39 Å². The van der Waals surface area contributed by atoms with Gasteiger partial charge in [0.05, 0.1) is 18.0 Å². The summed E-state index contributed by atoms with van der Waals surface area (Å²) in [4.78, 5) is 11.0. The minimum absolute atomic E-state index is 0. The van der Waals surface area contributed by atoms with E-state index in [4.69, 9.17) is 5.73 Å². The molecule has 0 aliphatic rings. The van der Waals surface area contributed by atoms with E-state index in [2.05, 4.69) is 20.7 Å². The number of hydrogen-bond donors (Lipinski definition) is 2. The van der Waals surface area contributed by atoms with Gasteiger partial charge in [-0.1, -0.05) is 0 Å². The van der Waals surface area contributed by atoms with Crippen molar-refractivity contribution in [2.45, 2.75) is 12.5 Å². The molecule has 0 unspecified atom stereocenters. The van der Waals surface area contributed by atoms with Gasteiger partial charge in [0.15, 0.2) is 11.6 Å². The largest absolute Gasteiger partial charge is 0.505 e. The van der Waals surface area contributed by atoms with Crippen LogP contribution in [0.5, 0.6) is 5.75 Å². The van der Waals surface area contributed by atoms with Crippen molar-refractivity contribution in [3.05, 3.63) is 27.7 Å². The standard InChI is InChI=1S/C10H10BrF2NO3.ClH/c1-17-7(15)3-6(14)4-2-5(11)8(12)9(13)10(4)16;/h2,6,16H,3,14H2,1H3;1H/t6-;/m1./s1. The number of carbonyl (C=O) groups is 1. The molecule has 0 radical (unpaired) electrons. The Bertz CT molecular complexity index is 459. The van der Waals surface area contributed by atoms with Crippen LogP contribution >= 0.6 is 28.3 Å². The highest BCUT2D eigenvalue weighted by Gasteiger charge is 2.22. The number of aromatic hydroxyl groups is 1. The van der Waals surface area contributed by atoms with E-state index in [1.165, 1.54) is 7.11 Å². The zero-order chi connectivity index (χ0) is 13.2. The van der Waals surface area contributed by atoms with Gasteiger partial charge < -0.3 is 15.6 Å². The van der Waals surface area contributed by atoms with E-state index in [0.717, 1.165) is 6.07 Å². The van der Waals surface area contributed by atoms with Gasteiger partial charge in [0, 0.05) is 11.6 Å². The minimum atomic E-state index is -1.41. The van der Waals surface area contributed by atoms with Crippen LogP contribution < -0.4 is 5.73 Å². The van der Waals surface area contributed by atoms with Gasteiger partial charge in [0.25, 0.3) is 0 Å². The molecule has 1 aromatic carbocycles. The van der Waals surface area contributed by atoms with Crippen molar-refractivity contribution in [3.63, 3.8) is 0 Å². The van der Waals surface area contributed by atoms with Crippen molar-refractivity contribution >= 4 is 34.3 Å². The zero-order valence-corrected chi connectivity index (χ0v) is 11.6. The van der Waals surface area contributed by atoms with Crippen molar-refractivity contribution < 1.29 is 23.4 Å². The van der Waals surface area contributed by atoms with E-state index >= 15 is 0 Å². The van der Waals surface area contributed by atoms with Crippen molar-refractivity contribution in [2.75, 3.05) is 7.11 Å². The molecule has 18 heavy (non-hydrogen) atoms. The number of halogens is 4. The molecule has 1 atom stereocenters. The summed E-state index contributed by atoms with van der Waals surface area (Å²) >= 11 is 2.78. The molecule has 102 valence electrons. The molecule has 4 nitrogen and oxygen atoms in total. The Morgan fingerprint density at radius 2 is 2.11 bits per heavy atom. The van der Waals surface area contributed by atoms with E-state index in [9.17, 15) is 18.7 Å². The number of esters is 1. The Kier molecular flexibility index (Phi) is 6.51. The molecule has 0 aliphatic carbocycles. The van der Waals surface area contributed by atoms with Gasteiger partial charge in [0.1, 0.15) is 0 Å². The molecule has 0 saturated heterocycles. The molecule has 0 bridgehead atoms. The van der Waals surface area contributed by atoms with Crippen molar-refractivity contribution in [3.8, 4) is 5.75 Å². The van der Waals surface area contributed by atoms with E-state index in [0.29, 0.717) is 0 Å². The molecule has 0 spiro atoms. The van der Waals surface area contributed by atoms with E-state index in [-0.39, 0.29) is 28.9 Å². The number of ether oxygens (including phenoxy) is 1. The molecule has 0 saturated carbocycles. The second kappa shape index (κ2) is 6.86. The van der Waals surface area contributed by atoms with E-state index < -0.39 is 29.4 Å². The van der Waals surface area contributed by atoms with Gasteiger partial charge >= 0.3 is 5.97 Å². The summed E-state index contributed by atoms with van der Waals surface area (Å²) in [5, 5.41) is 9.39. The number of phenolic OH excluding ortho intramolecular Hbond substituents is 1. The van der Waals surface area contributed by atoms with Crippen LogP contribution in [0.25, 0.3) is 0 Å². The Labute approximate surface area is 117 Å². The highest BCUT2D eigenvalue weighted by Crippen LogP contribution is 2.33. The van der Waals surface area contributed by atoms with Crippen LogP contribution in [0.15, 0.2) is 10.5 Å². The van der Waals surface area contributed by atoms with Gasteiger partial charge in [0.2, 0.25) is 5.82 Å². The van der Waals surface area contributed by atoms with Crippen LogP contribution in [0.3, 0.4) is 0 Å². The first-order chi connectivity index (χ1) is 7.88. The number of methoxy groups -OCH3 is 1. The maximum Gasteiger partial charge on any atom is 0.307 e. The van der Waals surface area contributed by atoms with Gasteiger partial charge in [-0.15, -0.1) is 12.4 Å². The molecular weight excluding hydrogens is 335 g/mol. The first-order valence-electron chi connectivity index (χ1n) is 4.57. The third-order valence-electron chi connectivity index (χ3n) is 2.18. The quantitative estimate of drug-likeness (QED) is 0.651. The Morgan fingerprint density at radius 3 is 2.61 bits per heavy atom. The predicted molar refractivity (Wildman–Crippen MR) is 66.5 cm³/mol. The predicted octanol–water partition coefficient (Wildman–Crippen LogP) is 2.42. The number of rotatable bonds is 3. The van der Waals surface area contributed by atoms with Crippen molar-refractivity contribution in [2.24, 2.45) is 5.73 Å². The van der Waals surface area contributed by atoms with Gasteiger partial charge in [-0.05, 0) is 22.0 Å².